The molecule has 10 heteroatoms. The third-order valence-electron chi connectivity index (χ3n) is 3.71. The van der Waals surface area contributed by atoms with Crippen molar-refractivity contribution in [2.75, 3.05) is 11.9 Å². The summed E-state index contributed by atoms with van der Waals surface area (Å²) in [6.45, 7) is -0.266. The molecular weight excluding hydrogens is 402 g/mol. The highest BCUT2D eigenvalue weighted by Gasteiger charge is 2.33. The van der Waals surface area contributed by atoms with Gasteiger partial charge in [0.2, 0.25) is 5.91 Å². The maximum atomic E-state index is 12.6. The molecule has 3 rings (SSSR count). The molecule has 2 aromatic rings. The number of carbonyl (C=O) groups is 2. The van der Waals surface area contributed by atoms with E-state index in [0.717, 1.165) is 11.8 Å². The second kappa shape index (κ2) is 8.19. The van der Waals surface area contributed by atoms with Crippen molar-refractivity contribution in [3.8, 4) is 5.75 Å². The zero-order chi connectivity index (χ0) is 20.3. The summed E-state index contributed by atoms with van der Waals surface area (Å²) in [5.41, 5.74) is 0.876. The monoisotopic (exact) mass is 415 g/mol. The summed E-state index contributed by atoms with van der Waals surface area (Å²) in [4.78, 5) is 36.6. The Hall–Kier alpha value is -3.24. The van der Waals surface area contributed by atoms with Gasteiger partial charge in [0.25, 0.3) is 11.6 Å². The number of phenols is 1. The molecule has 2 N–H and O–H groups in total. The normalized spacial score (nSPS) is 15.1. The first kappa shape index (κ1) is 19.5. The Morgan fingerprint density at radius 3 is 2.68 bits per heavy atom. The Bertz CT molecular complexity index is 1000. The number of rotatable bonds is 5. The van der Waals surface area contributed by atoms with Gasteiger partial charge in [0.05, 0.1) is 9.83 Å². The Kier molecular flexibility index (Phi) is 5.71. The van der Waals surface area contributed by atoms with Crippen molar-refractivity contribution in [1.82, 2.24) is 4.90 Å². The first-order chi connectivity index (χ1) is 13.3. The van der Waals surface area contributed by atoms with E-state index in [2.05, 4.69) is 5.32 Å². The predicted octanol–water partition coefficient (Wildman–Crippen LogP) is 3.14. The number of nitro groups is 1. The van der Waals surface area contributed by atoms with Crippen molar-refractivity contribution < 1.29 is 19.6 Å². The quantitative estimate of drug-likeness (QED) is 0.254. The van der Waals surface area contributed by atoms with Gasteiger partial charge in [0, 0.05) is 17.8 Å². The Balaban J connectivity index is 1.71. The van der Waals surface area contributed by atoms with E-state index < -0.39 is 16.7 Å². The van der Waals surface area contributed by atoms with Gasteiger partial charge in [-0.15, -0.1) is 0 Å². The molecule has 0 saturated carbocycles. The van der Waals surface area contributed by atoms with E-state index in [1.54, 1.807) is 6.07 Å². The number of anilines is 1. The molecule has 2 amide bonds. The zero-order valence-corrected chi connectivity index (χ0v) is 15.8. The minimum atomic E-state index is -0.518. The number of phenolic OH excluding ortho intramolecular Hbond substituents is 1. The van der Waals surface area contributed by atoms with Crippen LogP contribution in [0.2, 0.25) is 0 Å². The maximum Gasteiger partial charge on any atom is 0.270 e. The number of carbonyl (C=O) groups excluding carboxylic acids is 2. The average Bonchev–Trinajstić information content (AvgIpc) is 2.91. The third-order valence-corrected chi connectivity index (χ3v) is 5.08. The number of non-ortho nitro benzene ring substituents is 1. The molecule has 0 unspecified atom stereocenters. The molecule has 0 aromatic heterocycles. The molecule has 1 fully saturated rings. The van der Waals surface area contributed by atoms with Gasteiger partial charge in [-0.2, -0.15) is 0 Å². The first-order valence-electron chi connectivity index (χ1n) is 7.92. The summed E-state index contributed by atoms with van der Waals surface area (Å²) in [5.74, 6) is -0.817. The van der Waals surface area contributed by atoms with Gasteiger partial charge < -0.3 is 10.4 Å². The van der Waals surface area contributed by atoms with Crippen LogP contribution in [0.4, 0.5) is 11.4 Å². The molecule has 0 aliphatic carbocycles. The smallest absolute Gasteiger partial charge is 0.270 e. The van der Waals surface area contributed by atoms with Gasteiger partial charge in [-0.25, -0.2) is 0 Å². The molecule has 0 spiro atoms. The number of thiocarbonyl (C=S) groups is 1. The van der Waals surface area contributed by atoms with Crippen LogP contribution in [0.25, 0.3) is 6.08 Å². The Labute approximate surface area is 169 Å². The van der Waals surface area contributed by atoms with Crippen molar-refractivity contribution >= 4 is 57.6 Å². The van der Waals surface area contributed by atoms with E-state index in [1.165, 1.54) is 53.4 Å². The second-order valence-corrected chi connectivity index (χ2v) is 7.39. The number of benzene rings is 2. The minimum Gasteiger partial charge on any atom is -0.508 e. The molecule has 1 heterocycles. The molecule has 1 aliphatic heterocycles. The fourth-order valence-corrected chi connectivity index (χ4v) is 3.66. The molecule has 1 saturated heterocycles. The second-order valence-electron chi connectivity index (χ2n) is 5.72. The lowest BCUT2D eigenvalue weighted by molar-refractivity contribution is -0.384. The van der Waals surface area contributed by atoms with Gasteiger partial charge in [-0.05, 0) is 35.9 Å². The van der Waals surface area contributed by atoms with Crippen LogP contribution in [0.5, 0.6) is 5.75 Å². The number of nitrogens with zero attached hydrogens (tertiary/aromatic N) is 2. The molecule has 142 valence electrons. The fourth-order valence-electron chi connectivity index (χ4n) is 2.40. The Morgan fingerprint density at radius 2 is 2.00 bits per heavy atom. The van der Waals surface area contributed by atoms with Crippen molar-refractivity contribution in [3.63, 3.8) is 0 Å². The van der Waals surface area contributed by atoms with Gasteiger partial charge in [-0.1, -0.05) is 36.1 Å². The van der Waals surface area contributed by atoms with Crippen LogP contribution in [0.3, 0.4) is 0 Å². The SMILES string of the molecule is O=C(CN1C(=O)/C(=C/c2cccc([N+](=O)[O-])c2)SC1=S)Nc1ccc(O)cc1. The van der Waals surface area contributed by atoms with Gasteiger partial charge in [0.15, 0.2) is 0 Å². The van der Waals surface area contributed by atoms with Crippen molar-refractivity contribution in [3.05, 3.63) is 69.1 Å². The molecule has 0 radical (unpaired) electrons. The van der Waals surface area contributed by atoms with Crippen LogP contribution in [-0.2, 0) is 9.59 Å². The van der Waals surface area contributed by atoms with Crippen LogP contribution in [0, 0.1) is 10.1 Å². The maximum absolute atomic E-state index is 12.6. The highest BCUT2D eigenvalue weighted by Crippen LogP contribution is 2.32. The number of nitrogens with one attached hydrogen (secondary N) is 1. The largest absolute Gasteiger partial charge is 0.508 e. The molecule has 28 heavy (non-hydrogen) atoms. The summed E-state index contributed by atoms with van der Waals surface area (Å²) in [6.07, 6.45) is 1.50. The Morgan fingerprint density at radius 1 is 1.29 bits per heavy atom. The molecule has 0 atom stereocenters. The molecular formula is C18H13N3O5S2. The van der Waals surface area contributed by atoms with E-state index in [9.17, 15) is 24.8 Å². The lowest BCUT2D eigenvalue weighted by Gasteiger charge is -2.14. The lowest BCUT2D eigenvalue weighted by Crippen LogP contribution is -2.36. The highest BCUT2D eigenvalue weighted by atomic mass is 32.2. The van der Waals surface area contributed by atoms with Crippen LogP contribution >= 0.6 is 24.0 Å². The van der Waals surface area contributed by atoms with Gasteiger partial charge in [0.1, 0.15) is 16.6 Å². The average molecular weight is 415 g/mol. The van der Waals surface area contributed by atoms with Crippen molar-refractivity contribution in [2.45, 2.75) is 0 Å². The van der Waals surface area contributed by atoms with Crippen LogP contribution in [-0.4, -0.2) is 37.6 Å². The fraction of sp³-hybridized carbons (Fsp3) is 0.0556. The number of hydrogen-bond acceptors (Lipinski definition) is 7. The molecule has 8 nitrogen and oxygen atoms in total. The van der Waals surface area contributed by atoms with E-state index in [-0.39, 0.29) is 27.2 Å². The lowest BCUT2D eigenvalue weighted by atomic mass is 10.2. The van der Waals surface area contributed by atoms with E-state index in [1.807, 2.05) is 0 Å². The van der Waals surface area contributed by atoms with Gasteiger partial charge >= 0.3 is 0 Å². The first-order valence-corrected chi connectivity index (χ1v) is 9.14. The summed E-state index contributed by atoms with van der Waals surface area (Å²) >= 11 is 6.21. The van der Waals surface area contributed by atoms with Crippen molar-refractivity contribution in [1.29, 1.82) is 0 Å². The van der Waals surface area contributed by atoms with Crippen LogP contribution < -0.4 is 5.32 Å². The van der Waals surface area contributed by atoms with Gasteiger partial charge in [-0.3, -0.25) is 24.6 Å². The summed E-state index contributed by atoms with van der Waals surface area (Å²) in [5, 5.41) is 22.7. The van der Waals surface area contributed by atoms with E-state index >= 15 is 0 Å². The third kappa shape index (κ3) is 4.53. The predicted molar refractivity (Wildman–Crippen MR) is 110 cm³/mol. The molecule has 0 bridgehead atoms. The standard InChI is InChI=1S/C18H13N3O5S2/c22-14-6-4-12(5-7-14)19-16(23)10-20-17(24)15(28-18(20)27)9-11-2-1-3-13(8-11)21(25)26/h1-9,22H,10H2,(H,19,23)/b15-9-. The number of aromatic hydroxyl groups is 1. The number of thioether (sulfide) groups is 1. The molecule has 1 aliphatic rings. The summed E-state index contributed by atoms with van der Waals surface area (Å²) in [7, 11) is 0. The zero-order valence-electron chi connectivity index (χ0n) is 14.2. The summed E-state index contributed by atoms with van der Waals surface area (Å²) < 4.78 is 0.225. The van der Waals surface area contributed by atoms with Crippen LogP contribution in [0.15, 0.2) is 53.4 Å². The summed E-state index contributed by atoms with van der Waals surface area (Å²) in [6, 6.07) is 11.8. The number of hydrogen-bond donors (Lipinski definition) is 2. The number of amides is 2. The minimum absolute atomic E-state index is 0.0706. The van der Waals surface area contributed by atoms with E-state index in [0.29, 0.717) is 11.3 Å². The molecule has 2 aromatic carbocycles. The highest BCUT2D eigenvalue weighted by molar-refractivity contribution is 8.26. The van der Waals surface area contributed by atoms with E-state index in [4.69, 9.17) is 12.2 Å². The van der Waals surface area contributed by atoms with Crippen LogP contribution in [0.1, 0.15) is 5.56 Å². The van der Waals surface area contributed by atoms with Crippen molar-refractivity contribution in [2.24, 2.45) is 0 Å². The number of nitro benzene ring substituents is 1. The topological polar surface area (TPSA) is 113 Å².